The standard InChI is InChI=1S/C21H21N5O3S/c1-4-26-20(16-10-5-6-11-17(16)28-3)23-24-21(26)30-13-18-22-19(25-29-18)14-8-7-9-15(12-14)27-2/h5-12H,4,13H2,1-3H3. The minimum Gasteiger partial charge on any atom is -0.497 e. The highest BCUT2D eigenvalue weighted by molar-refractivity contribution is 7.98. The van der Waals surface area contributed by atoms with Gasteiger partial charge in [-0.25, -0.2) is 0 Å². The quantitative estimate of drug-likeness (QED) is 0.387. The zero-order valence-corrected chi connectivity index (χ0v) is 17.7. The van der Waals surface area contributed by atoms with E-state index in [2.05, 4.69) is 27.3 Å². The molecule has 0 aliphatic rings. The van der Waals surface area contributed by atoms with Crippen LogP contribution in [0.15, 0.2) is 58.2 Å². The van der Waals surface area contributed by atoms with Crippen LogP contribution in [0, 0.1) is 0 Å². The highest BCUT2D eigenvalue weighted by Gasteiger charge is 2.18. The van der Waals surface area contributed by atoms with E-state index >= 15 is 0 Å². The third-order valence-electron chi connectivity index (χ3n) is 4.50. The van der Waals surface area contributed by atoms with Gasteiger partial charge in [-0.3, -0.25) is 0 Å². The number of hydrogen-bond donors (Lipinski definition) is 0. The van der Waals surface area contributed by atoms with Crippen LogP contribution in [-0.4, -0.2) is 39.1 Å². The molecule has 4 aromatic rings. The molecule has 2 heterocycles. The number of nitrogens with zero attached hydrogens (tertiary/aromatic N) is 5. The lowest BCUT2D eigenvalue weighted by Crippen LogP contribution is -2.01. The third-order valence-corrected chi connectivity index (χ3v) is 5.45. The predicted molar refractivity (Wildman–Crippen MR) is 114 cm³/mol. The summed E-state index contributed by atoms with van der Waals surface area (Å²) in [5.41, 5.74) is 1.74. The zero-order chi connectivity index (χ0) is 20.9. The molecule has 9 heteroatoms. The van der Waals surface area contributed by atoms with Gasteiger partial charge in [0, 0.05) is 12.1 Å². The Morgan fingerprint density at radius 1 is 1.03 bits per heavy atom. The van der Waals surface area contributed by atoms with Gasteiger partial charge < -0.3 is 18.6 Å². The van der Waals surface area contributed by atoms with Crippen molar-refractivity contribution in [3.05, 3.63) is 54.4 Å². The number of thioether (sulfide) groups is 1. The number of aromatic nitrogens is 5. The summed E-state index contributed by atoms with van der Waals surface area (Å²) in [5.74, 6) is 3.80. The fourth-order valence-corrected chi connectivity index (χ4v) is 3.87. The fourth-order valence-electron chi connectivity index (χ4n) is 3.03. The summed E-state index contributed by atoms with van der Waals surface area (Å²) < 4.78 is 18.2. The number of ether oxygens (including phenoxy) is 2. The van der Waals surface area contributed by atoms with Crippen molar-refractivity contribution < 1.29 is 14.0 Å². The number of hydrogen-bond acceptors (Lipinski definition) is 8. The number of para-hydroxylation sites is 1. The minimum absolute atomic E-state index is 0.487. The Morgan fingerprint density at radius 3 is 2.70 bits per heavy atom. The molecule has 154 valence electrons. The summed E-state index contributed by atoms with van der Waals surface area (Å²) in [5, 5.41) is 13.6. The second-order valence-electron chi connectivity index (χ2n) is 6.28. The molecule has 4 rings (SSSR count). The molecule has 0 N–H and O–H groups in total. The van der Waals surface area contributed by atoms with Crippen LogP contribution in [0.1, 0.15) is 12.8 Å². The molecule has 0 fully saturated rings. The van der Waals surface area contributed by atoms with Crippen LogP contribution in [0.3, 0.4) is 0 Å². The van der Waals surface area contributed by atoms with E-state index in [1.165, 1.54) is 11.8 Å². The maximum Gasteiger partial charge on any atom is 0.237 e. The van der Waals surface area contributed by atoms with Crippen molar-refractivity contribution in [3.63, 3.8) is 0 Å². The number of rotatable bonds is 8. The third kappa shape index (κ3) is 4.02. The van der Waals surface area contributed by atoms with Gasteiger partial charge in [-0.2, -0.15) is 4.98 Å². The highest BCUT2D eigenvalue weighted by atomic mass is 32.2. The molecule has 0 radical (unpaired) electrons. The van der Waals surface area contributed by atoms with Crippen LogP contribution in [-0.2, 0) is 12.3 Å². The van der Waals surface area contributed by atoms with E-state index in [4.69, 9.17) is 14.0 Å². The van der Waals surface area contributed by atoms with Crippen molar-refractivity contribution in [1.29, 1.82) is 0 Å². The summed E-state index contributed by atoms with van der Waals surface area (Å²) in [6, 6.07) is 15.3. The molecule has 0 spiro atoms. The summed E-state index contributed by atoms with van der Waals surface area (Å²) in [4.78, 5) is 4.49. The first-order valence-electron chi connectivity index (χ1n) is 9.40. The number of methoxy groups -OCH3 is 2. The van der Waals surface area contributed by atoms with Gasteiger partial charge in [0.2, 0.25) is 11.7 Å². The topological polar surface area (TPSA) is 88.1 Å². The molecule has 2 aromatic heterocycles. The Morgan fingerprint density at radius 2 is 1.90 bits per heavy atom. The molecule has 0 atom stereocenters. The Balaban J connectivity index is 1.52. The predicted octanol–water partition coefficient (Wildman–Crippen LogP) is 4.32. The van der Waals surface area contributed by atoms with Gasteiger partial charge in [0.25, 0.3) is 0 Å². The summed E-state index contributed by atoms with van der Waals surface area (Å²) in [7, 11) is 3.28. The molecule has 0 aliphatic heterocycles. The van der Waals surface area contributed by atoms with Crippen molar-refractivity contribution in [2.45, 2.75) is 24.4 Å². The molecule has 0 unspecified atom stereocenters. The van der Waals surface area contributed by atoms with Gasteiger partial charge >= 0.3 is 0 Å². The monoisotopic (exact) mass is 423 g/mol. The molecule has 0 saturated heterocycles. The smallest absolute Gasteiger partial charge is 0.237 e. The lowest BCUT2D eigenvalue weighted by molar-refractivity contribution is 0.391. The van der Waals surface area contributed by atoms with E-state index in [1.807, 2.05) is 53.1 Å². The van der Waals surface area contributed by atoms with Crippen LogP contribution in [0.2, 0.25) is 0 Å². The molecule has 30 heavy (non-hydrogen) atoms. The van der Waals surface area contributed by atoms with Gasteiger partial charge in [-0.15, -0.1) is 10.2 Å². The first-order chi connectivity index (χ1) is 14.7. The molecular weight excluding hydrogens is 402 g/mol. The van der Waals surface area contributed by atoms with E-state index in [0.29, 0.717) is 17.5 Å². The Hall–Kier alpha value is -3.33. The number of benzene rings is 2. The van der Waals surface area contributed by atoms with Crippen molar-refractivity contribution in [1.82, 2.24) is 24.9 Å². The van der Waals surface area contributed by atoms with E-state index in [9.17, 15) is 0 Å². The molecule has 0 aliphatic carbocycles. The molecule has 8 nitrogen and oxygen atoms in total. The first kappa shape index (κ1) is 20.0. The normalized spacial score (nSPS) is 10.9. The minimum atomic E-state index is 0.487. The van der Waals surface area contributed by atoms with Crippen LogP contribution in [0.25, 0.3) is 22.8 Å². The van der Waals surface area contributed by atoms with Crippen molar-refractivity contribution in [2.75, 3.05) is 14.2 Å². The van der Waals surface area contributed by atoms with Gasteiger partial charge in [0.05, 0.1) is 25.5 Å². The lowest BCUT2D eigenvalue weighted by atomic mass is 10.2. The van der Waals surface area contributed by atoms with Gasteiger partial charge in [-0.1, -0.05) is 41.2 Å². The van der Waals surface area contributed by atoms with Crippen LogP contribution < -0.4 is 9.47 Å². The van der Waals surface area contributed by atoms with Crippen LogP contribution in [0.5, 0.6) is 11.5 Å². The second kappa shape index (κ2) is 9.00. The van der Waals surface area contributed by atoms with E-state index in [0.717, 1.165) is 40.2 Å². The maximum atomic E-state index is 5.47. The average molecular weight is 423 g/mol. The van der Waals surface area contributed by atoms with Gasteiger partial charge in [-0.05, 0) is 31.2 Å². The summed E-state index contributed by atoms with van der Waals surface area (Å²) in [6.45, 7) is 2.78. The molecule has 0 saturated carbocycles. The van der Waals surface area contributed by atoms with Crippen molar-refractivity contribution >= 4 is 11.8 Å². The fraction of sp³-hybridized carbons (Fsp3) is 0.238. The van der Waals surface area contributed by atoms with Gasteiger partial charge in [0.15, 0.2) is 11.0 Å². The van der Waals surface area contributed by atoms with Crippen LogP contribution >= 0.6 is 11.8 Å². The van der Waals surface area contributed by atoms with Gasteiger partial charge in [0.1, 0.15) is 11.5 Å². The van der Waals surface area contributed by atoms with E-state index in [1.54, 1.807) is 14.2 Å². The summed E-state index contributed by atoms with van der Waals surface area (Å²) >= 11 is 1.50. The SMILES string of the molecule is CCn1c(SCc2nc(-c3cccc(OC)c3)no2)nnc1-c1ccccc1OC. The molecule has 0 amide bonds. The van der Waals surface area contributed by atoms with Crippen molar-refractivity contribution in [2.24, 2.45) is 0 Å². The summed E-state index contributed by atoms with van der Waals surface area (Å²) in [6.07, 6.45) is 0. The Bertz CT molecular complexity index is 1140. The highest BCUT2D eigenvalue weighted by Crippen LogP contribution is 2.31. The lowest BCUT2D eigenvalue weighted by Gasteiger charge is -2.09. The zero-order valence-electron chi connectivity index (χ0n) is 16.9. The Labute approximate surface area is 178 Å². The molecule has 0 bridgehead atoms. The average Bonchev–Trinajstić information content (AvgIpc) is 3.44. The second-order valence-corrected chi connectivity index (χ2v) is 7.23. The first-order valence-corrected chi connectivity index (χ1v) is 10.4. The Kier molecular flexibility index (Phi) is 5.99. The molecular formula is C21H21N5O3S. The van der Waals surface area contributed by atoms with Crippen molar-refractivity contribution in [3.8, 4) is 34.3 Å². The molecule has 2 aromatic carbocycles. The largest absolute Gasteiger partial charge is 0.497 e. The van der Waals surface area contributed by atoms with Crippen LogP contribution in [0.4, 0.5) is 0 Å². The van der Waals surface area contributed by atoms with E-state index in [-0.39, 0.29) is 0 Å². The van der Waals surface area contributed by atoms with E-state index < -0.39 is 0 Å². The maximum absolute atomic E-state index is 5.47.